The summed E-state index contributed by atoms with van der Waals surface area (Å²) in [6, 6.07) is 12.6. The van der Waals surface area contributed by atoms with Gasteiger partial charge in [0.15, 0.2) is 0 Å². The van der Waals surface area contributed by atoms with Gasteiger partial charge in [0, 0.05) is 21.8 Å². The van der Waals surface area contributed by atoms with Gasteiger partial charge in [0.25, 0.3) is 5.56 Å². The number of ether oxygens (including phenoxy) is 1. The van der Waals surface area contributed by atoms with Crippen LogP contribution in [-0.4, -0.2) is 22.6 Å². The molecule has 8 heteroatoms. The van der Waals surface area contributed by atoms with Gasteiger partial charge >= 0.3 is 0 Å². The maximum Gasteiger partial charge on any atom is 0.254 e. The molecule has 0 saturated carbocycles. The topological polar surface area (TPSA) is 73.2 Å². The van der Waals surface area contributed by atoms with E-state index in [9.17, 15) is 14.0 Å². The Morgan fingerprint density at radius 1 is 1.21 bits per heavy atom. The minimum atomic E-state index is -0.576. The first kappa shape index (κ1) is 19.8. The Morgan fingerprint density at radius 2 is 1.93 bits per heavy atom. The molecule has 1 amide bonds. The number of carbonyl (C=O) groups is 1. The van der Waals surface area contributed by atoms with Crippen LogP contribution in [0, 0.1) is 12.7 Å². The summed E-state index contributed by atoms with van der Waals surface area (Å²) < 4.78 is 20.9. The summed E-state index contributed by atoms with van der Waals surface area (Å²) in [5.41, 5.74) is 0.854. The van der Waals surface area contributed by atoms with Crippen molar-refractivity contribution in [1.29, 1.82) is 0 Å². The smallest absolute Gasteiger partial charge is 0.254 e. The Hall–Kier alpha value is -3.00. The molecule has 28 heavy (non-hydrogen) atoms. The van der Waals surface area contributed by atoms with Crippen molar-refractivity contribution in [2.45, 2.75) is 13.5 Å². The molecule has 1 aromatic heterocycles. The fourth-order valence-electron chi connectivity index (χ4n) is 2.66. The van der Waals surface area contributed by atoms with E-state index in [2.05, 4.69) is 26.2 Å². The Labute approximate surface area is 169 Å². The maximum atomic E-state index is 14.0. The third-order valence-corrected chi connectivity index (χ3v) is 4.48. The Morgan fingerprint density at radius 3 is 2.57 bits per heavy atom. The normalized spacial score (nSPS) is 10.6. The quantitative estimate of drug-likeness (QED) is 0.648. The van der Waals surface area contributed by atoms with E-state index in [1.54, 1.807) is 44.4 Å². The SMILES string of the molecule is COc1ccc(-c2nc(C)cc(=O)n2CC(=O)Nc2ccc(Br)cc2F)cc1. The summed E-state index contributed by atoms with van der Waals surface area (Å²) >= 11 is 3.16. The van der Waals surface area contributed by atoms with Crippen LogP contribution in [0.4, 0.5) is 10.1 Å². The van der Waals surface area contributed by atoms with Crippen molar-refractivity contribution in [3.63, 3.8) is 0 Å². The fraction of sp³-hybridized carbons (Fsp3) is 0.150. The van der Waals surface area contributed by atoms with Crippen LogP contribution in [0.2, 0.25) is 0 Å². The van der Waals surface area contributed by atoms with Gasteiger partial charge in [0.2, 0.25) is 5.91 Å². The van der Waals surface area contributed by atoms with E-state index in [0.29, 0.717) is 27.3 Å². The lowest BCUT2D eigenvalue weighted by Gasteiger charge is -2.13. The summed E-state index contributed by atoms with van der Waals surface area (Å²) in [6.45, 7) is 1.40. The molecule has 0 radical (unpaired) electrons. The lowest BCUT2D eigenvalue weighted by atomic mass is 10.2. The summed E-state index contributed by atoms with van der Waals surface area (Å²) in [6.07, 6.45) is 0. The first-order chi connectivity index (χ1) is 13.4. The molecule has 3 rings (SSSR count). The summed E-state index contributed by atoms with van der Waals surface area (Å²) in [4.78, 5) is 29.3. The zero-order valence-corrected chi connectivity index (χ0v) is 16.8. The van der Waals surface area contributed by atoms with Crippen molar-refractivity contribution < 1.29 is 13.9 Å². The summed E-state index contributed by atoms with van der Waals surface area (Å²) in [7, 11) is 1.56. The third kappa shape index (κ3) is 4.45. The second-order valence-corrected chi connectivity index (χ2v) is 6.96. The number of nitrogens with one attached hydrogen (secondary N) is 1. The number of aryl methyl sites for hydroxylation is 1. The monoisotopic (exact) mass is 445 g/mol. The van der Waals surface area contributed by atoms with Crippen molar-refractivity contribution in [2.75, 3.05) is 12.4 Å². The number of halogens is 2. The van der Waals surface area contributed by atoms with E-state index in [1.807, 2.05) is 0 Å². The molecule has 0 aliphatic rings. The van der Waals surface area contributed by atoms with Gasteiger partial charge in [0.05, 0.1) is 12.8 Å². The van der Waals surface area contributed by atoms with Crippen LogP contribution in [0.3, 0.4) is 0 Å². The highest BCUT2D eigenvalue weighted by Gasteiger charge is 2.14. The second kappa shape index (κ2) is 8.35. The lowest BCUT2D eigenvalue weighted by Crippen LogP contribution is -2.29. The zero-order chi connectivity index (χ0) is 20.3. The molecule has 1 N–H and O–H groups in total. The minimum Gasteiger partial charge on any atom is -0.497 e. The number of benzene rings is 2. The average molecular weight is 446 g/mol. The molecular weight excluding hydrogens is 429 g/mol. The van der Waals surface area contributed by atoms with E-state index in [-0.39, 0.29) is 17.8 Å². The van der Waals surface area contributed by atoms with Gasteiger partial charge in [-0.15, -0.1) is 0 Å². The van der Waals surface area contributed by atoms with E-state index in [1.165, 1.54) is 22.8 Å². The summed E-state index contributed by atoms with van der Waals surface area (Å²) in [5.74, 6) is -0.107. The number of aromatic nitrogens is 2. The molecule has 0 aliphatic carbocycles. The molecule has 0 fully saturated rings. The molecular formula is C20H17BrFN3O3. The number of carbonyl (C=O) groups excluding carboxylic acids is 1. The predicted octanol–water partition coefficient (Wildman–Crippen LogP) is 3.77. The minimum absolute atomic E-state index is 0.0346. The van der Waals surface area contributed by atoms with Crippen molar-refractivity contribution in [3.05, 3.63) is 74.9 Å². The zero-order valence-electron chi connectivity index (χ0n) is 15.2. The molecule has 144 valence electrons. The van der Waals surface area contributed by atoms with Crippen LogP contribution < -0.4 is 15.6 Å². The lowest BCUT2D eigenvalue weighted by molar-refractivity contribution is -0.116. The van der Waals surface area contributed by atoms with Crippen molar-refractivity contribution in [1.82, 2.24) is 9.55 Å². The van der Waals surface area contributed by atoms with Gasteiger partial charge in [0.1, 0.15) is 23.9 Å². The maximum absolute atomic E-state index is 14.0. The van der Waals surface area contributed by atoms with Crippen LogP contribution in [0.15, 0.2) is 57.8 Å². The van der Waals surface area contributed by atoms with E-state index < -0.39 is 11.7 Å². The van der Waals surface area contributed by atoms with Crippen LogP contribution >= 0.6 is 15.9 Å². The van der Waals surface area contributed by atoms with Gasteiger partial charge in [-0.25, -0.2) is 9.37 Å². The van der Waals surface area contributed by atoms with Crippen molar-refractivity contribution in [3.8, 4) is 17.1 Å². The predicted molar refractivity (Wildman–Crippen MR) is 108 cm³/mol. The van der Waals surface area contributed by atoms with Gasteiger partial charge < -0.3 is 10.1 Å². The van der Waals surface area contributed by atoms with Gasteiger partial charge in [-0.05, 0) is 49.4 Å². The van der Waals surface area contributed by atoms with Crippen LogP contribution in [0.5, 0.6) is 5.75 Å². The third-order valence-electron chi connectivity index (χ3n) is 3.99. The van der Waals surface area contributed by atoms with Gasteiger partial charge in [-0.1, -0.05) is 15.9 Å². The highest BCUT2D eigenvalue weighted by molar-refractivity contribution is 9.10. The molecule has 0 spiro atoms. The number of nitrogens with zero attached hydrogens (tertiary/aromatic N) is 2. The number of hydrogen-bond acceptors (Lipinski definition) is 4. The van der Waals surface area contributed by atoms with Crippen molar-refractivity contribution >= 4 is 27.5 Å². The first-order valence-corrected chi connectivity index (χ1v) is 9.14. The van der Waals surface area contributed by atoms with Gasteiger partial charge in [-0.3, -0.25) is 14.2 Å². The number of amides is 1. The first-order valence-electron chi connectivity index (χ1n) is 8.35. The molecule has 0 unspecified atom stereocenters. The largest absolute Gasteiger partial charge is 0.497 e. The molecule has 6 nitrogen and oxygen atoms in total. The summed E-state index contributed by atoms with van der Waals surface area (Å²) in [5, 5.41) is 2.48. The number of hydrogen-bond donors (Lipinski definition) is 1. The molecule has 2 aromatic carbocycles. The Balaban J connectivity index is 1.92. The average Bonchev–Trinajstić information content (AvgIpc) is 2.66. The molecule has 1 heterocycles. The van der Waals surface area contributed by atoms with E-state index >= 15 is 0 Å². The molecule has 0 aliphatic heterocycles. The number of methoxy groups -OCH3 is 1. The standard InChI is InChI=1S/C20H17BrFN3O3/c1-12-9-19(27)25(20(23-12)13-3-6-15(28-2)7-4-13)11-18(26)24-17-8-5-14(21)10-16(17)22/h3-10H,11H2,1-2H3,(H,24,26). The fourth-order valence-corrected chi connectivity index (χ4v) is 2.99. The number of rotatable bonds is 5. The molecule has 3 aromatic rings. The molecule has 0 saturated heterocycles. The highest BCUT2D eigenvalue weighted by atomic mass is 79.9. The van der Waals surface area contributed by atoms with E-state index in [0.717, 1.165) is 0 Å². The molecule has 0 bridgehead atoms. The van der Waals surface area contributed by atoms with Crippen LogP contribution in [0.25, 0.3) is 11.4 Å². The molecule has 0 atom stereocenters. The van der Waals surface area contributed by atoms with Gasteiger partial charge in [-0.2, -0.15) is 0 Å². The van der Waals surface area contributed by atoms with Crippen molar-refractivity contribution in [2.24, 2.45) is 0 Å². The highest BCUT2D eigenvalue weighted by Crippen LogP contribution is 2.21. The Bertz CT molecular complexity index is 1080. The number of anilines is 1. The van der Waals surface area contributed by atoms with Crippen LogP contribution in [-0.2, 0) is 11.3 Å². The second-order valence-electron chi connectivity index (χ2n) is 6.05. The van der Waals surface area contributed by atoms with E-state index in [4.69, 9.17) is 4.74 Å². The Kier molecular flexibility index (Phi) is 5.89. The van der Waals surface area contributed by atoms with Crippen LogP contribution in [0.1, 0.15) is 5.69 Å².